The standard InChI is InChI=1S/C15H30N10/c1-5-17-13-21-11(3)23-15(25-13)19-9-7-6-8-18-14-22-10(2)20-12(16-4)24-14/h10-11H,5-9H2,1-4H3,(H3,16,18,20,22,24)(H3,17,19,21,23,25). The van der Waals surface area contributed by atoms with Gasteiger partial charge < -0.3 is 21.3 Å². The van der Waals surface area contributed by atoms with Gasteiger partial charge in [-0.05, 0) is 33.6 Å². The number of hydrogen-bond donors (Lipinski definition) is 6. The molecule has 0 aromatic carbocycles. The maximum absolute atomic E-state index is 4.43. The fraction of sp³-hybridized carbons (Fsp3) is 0.733. The summed E-state index contributed by atoms with van der Waals surface area (Å²) in [6, 6.07) is 0. The number of aliphatic imine (C=N–C) groups is 4. The lowest BCUT2D eigenvalue weighted by atomic mass is 10.3. The Morgan fingerprint density at radius 3 is 1.68 bits per heavy atom. The highest BCUT2D eigenvalue weighted by atomic mass is 15.3. The van der Waals surface area contributed by atoms with Crippen LogP contribution in [0.5, 0.6) is 0 Å². The van der Waals surface area contributed by atoms with E-state index in [4.69, 9.17) is 0 Å². The van der Waals surface area contributed by atoms with Crippen molar-refractivity contribution in [1.82, 2.24) is 31.9 Å². The zero-order chi connectivity index (χ0) is 18.1. The highest BCUT2D eigenvalue weighted by molar-refractivity contribution is 6.00. The quantitative estimate of drug-likeness (QED) is 0.345. The molecule has 2 heterocycles. The molecule has 0 aromatic heterocycles. The second kappa shape index (κ2) is 9.70. The average molecular weight is 350 g/mol. The van der Waals surface area contributed by atoms with Gasteiger partial charge in [0.05, 0.1) is 0 Å². The number of rotatable bonds is 6. The second-order valence-electron chi connectivity index (χ2n) is 5.77. The molecule has 25 heavy (non-hydrogen) atoms. The van der Waals surface area contributed by atoms with Gasteiger partial charge in [-0.25, -0.2) is 20.0 Å². The Hall–Kier alpha value is -2.52. The van der Waals surface area contributed by atoms with E-state index in [1.165, 1.54) is 0 Å². The van der Waals surface area contributed by atoms with Gasteiger partial charge in [0.15, 0.2) is 23.8 Å². The minimum Gasteiger partial charge on any atom is -0.359 e. The zero-order valence-corrected chi connectivity index (χ0v) is 15.5. The van der Waals surface area contributed by atoms with Crippen molar-refractivity contribution < 1.29 is 0 Å². The molecule has 0 aromatic rings. The van der Waals surface area contributed by atoms with Gasteiger partial charge in [-0.15, -0.1) is 0 Å². The fourth-order valence-corrected chi connectivity index (χ4v) is 2.39. The van der Waals surface area contributed by atoms with Crippen LogP contribution in [0.3, 0.4) is 0 Å². The molecule has 6 N–H and O–H groups in total. The lowest BCUT2D eigenvalue weighted by molar-refractivity contribution is 0.660. The SMILES string of the molecule is CCNC1=NC(C)N=C(NCCCCNC2=NC(C)N=C(NC)N2)N1. The fourth-order valence-electron chi connectivity index (χ4n) is 2.39. The molecule has 0 bridgehead atoms. The van der Waals surface area contributed by atoms with Gasteiger partial charge in [-0.2, -0.15) is 0 Å². The van der Waals surface area contributed by atoms with Crippen LogP contribution in [0, 0.1) is 0 Å². The summed E-state index contributed by atoms with van der Waals surface area (Å²) in [7, 11) is 1.84. The van der Waals surface area contributed by atoms with E-state index in [1.54, 1.807) is 0 Å². The van der Waals surface area contributed by atoms with E-state index < -0.39 is 0 Å². The number of guanidine groups is 4. The van der Waals surface area contributed by atoms with Crippen molar-refractivity contribution in [3.8, 4) is 0 Å². The molecule has 0 fully saturated rings. The van der Waals surface area contributed by atoms with Crippen LogP contribution in [-0.2, 0) is 0 Å². The Morgan fingerprint density at radius 1 is 0.760 bits per heavy atom. The monoisotopic (exact) mass is 350 g/mol. The average Bonchev–Trinajstić information content (AvgIpc) is 2.57. The third-order valence-electron chi connectivity index (χ3n) is 3.51. The molecule has 10 heteroatoms. The molecule has 2 unspecified atom stereocenters. The smallest absolute Gasteiger partial charge is 0.200 e. The lowest BCUT2D eigenvalue weighted by Gasteiger charge is -2.21. The number of nitrogens with one attached hydrogen (secondary N) is 6. The normalized spacial score (nSPS) is 22.4. The molecule has 0 radical (unpaired) electrons. The molecule has 0 spiro atoms. The Balaban J connectivity index is 1.60. The third-order valence-corrected chi connectivity index (χ3v) is 3.51. The molecule has 0 amide bonds. The molecule has 0 saturated heterocycles. The first-order valence-corrected chi connectivity index (χ1v) is 8.85. The van der Waals surface area contributed by atoms with E-state index in [0.717, 1.165) is 56.3 Å². The maximum Gasteiger partial charge on any atom is 0.200 e. The van der Waals surface area contributed by atoms with Crippen molar-refractivity contribution in [2.24, 2.45) is 20.0 Å². The minimum atomic E-state index is -0.0715. The van der Waals surface area contributed by atoms with E-state index in [-0.39, 0.29) is 12.3 Å². The van der Waals surface area contributed by atoms with Crippen LogP contribution in [0.2, 0.25) is 0 Å². The van der Waals surface area contributed by atoms with Gasteiger partial charge >= 0.3 is 0 Å². The van der Waals surface area contributed by atoms with Crippen molar-refractivity contribution in [1.29, 1.82) is 0 Å². The Bertz CT molecular complexity index is 551. The summed E-state index contributed by atoms with van der Waals surface area (Å²) >= 11 is 0. The first-order chi connectivity index (χ1) is 12.1. The molecule has 2 aliphatic rings. The third kappa shape index (κ3) is 6.48. The predicted molar refractivity (Wildman–Crippen MR) is 103 cm³/mol. The van der Waals surface area contributed by atoms with Crippen LogP contribution < -0.4 is 31.9 Å². The van der Waals surface area contributed by atoms with E-state index >= 15 is 0 Å². The van der Waals surface area contributed by atoms with Crippen molar-refractivity contribution in [3.63, 3.8) is 0 Å². The summed E-state index contributed by atoms with van der Waals surface area (Å²) in [5.41, 5.74) is 0. The minimum absolute atomic E-state index is 0.0696. The Labute approximate surface area is 149 Å². The van der Waals surface area contributed by atoms with Crippen LogP contribution in [0.4, 0.5) is 0 Å². The topological polar surface area (TPSA) is 122 Å². The van der Waals surface area contributed by atoms with Crippen molar-refractivity contribution >= 4 is 23.8 Å². The predicted octanol–water partition coefficient (Wildman–Crippen LogP) is -0.903. The van der Waals surface area contributed by atoms with Crippen LogP contribution in [0.15, 0.2) is 20.0 Å². The summed E-state index contributed by atoms with van der Waals surface area (Å²) < 4.78 is 0. The van der Waals surface area contributed by atoms with Gasteiger partial charge in [-0.1, -0.05) is 0 Å². The maximum atomic E-state index is 4.43. The van der Waals surface area contributed by atoms with Crippen molar-refractivity contribution in [2.45, 2.75) is 45.9 Å². The van der Waals surface area contributed by atoms with Crippen LogP contribution in [-0.4, -0.2) is 62.9 Å². The number of hydrogen-bond acceptors (Lipinski definition) is 10. The summed E-state index contributed by atoms with van der Waals surface area (Å²) in [4.78, 5) is 17.5. The zero-order valence-electron chi connectivity index (χ0n) is 15.5. The van der Waals surface area contributed by atoms with Crippen LogP contribution >= 0.6 is 0 Å². The molecule has 2 rings (SSSR count). The summed E-state index contributed by atoms with van der Waals surface area (Å²) in [6.07, 6.45) is 1.90. The van der Waals surface area contributed by atoms with Gasteiger partial charge in [0.2, 0.25) is 0 Å². The molecule has 2 aliphatic heterocycles. The summed E-state index contributed by atoms with van der Waals surface area (Å²) in [5, 5.41) is 19.1. The molecule has 140 valence electrons. The molecular weight excluding hydrogens is 320 g/mol. The van der Waals surface area contributed by atoms with Gasteiger partial charge in [0.25, 0.3) is 0 Å². The van der Waals surface area contributed by atoms with E-state index in [2.05, 4.69) is 51.9 Å². The molecule has 0 saturated carbocycles. The second-order valence-corrected chi connectivity index (χ2v) is 5.77. The van der Waals surface area contributed by atoms with Crippen molar-refractivity contribution in [2.75, 3.05) is 26.7 Å². The van der Waals surface area contributed by atoms with Gasteiger partial charge in [-0.3, -0.25) is 10.6 Å². The molecule has 0 aliphatic carbocycles. The number of nitrogens with zero attached hydrogens (tertiary/aromatic N) is 4. The molecular formula is C15H30N10. The van der Waals surface area contributed by atoms with Crippen molar-refractivity contribution in [3.05, 3.63) is 0 Å². The van der Waals surface area contributed by atoms with E-state index in [9.17, 15) is 0 Å². The first-order valence-electron chi connectivity index (χ1n) is 8.85. The van der Waals surface area contributed by atoms with Gasteiger partial charge in [0, 0.05) is 26.7 Å². The first kappa shape index (κ1) is 18.8. The van der Waals surface area contributed by atoms with Crippen LogP contribution in [0.25, 0.3) is 0 Å². The van der Waals surface area contributed by atoms with Crippen LogP contribution in [0.1, 0.15) is 33.6 Å². The van der Waals surface area contributed by atoms with E-state index in [0.29, 0.717) is 0 Å². The molecule has 2 atom stereocenters. The number of unbranched alkanes of at least 4 members (excludes halogenated alkanes) is 1. The lowest BCUT2D eigenvalue weighted by Crippen LogP contribution is -2.50. The summed E-state index contributed by atoms with van der Waals surface area (Å²) in [5.74, 6) is 3.04. The Morgan fingerprint density at radius 2 is 1.20 bits per heavy atom. The van der Waals surface area contributed by atoms with E-state index in [1.807, 2.05) is 27.8 Å². The van der Waals surface area contributed by atoms with Gasteiger partial charge in [0.1, 0.15) is 12.3 Å². The summed E-state index contributed by atoms with van der Waals surface area (Å²) in [6.45, 7) is 8.47. The highest BCUT2D eigenvalue weighted by Gasteiger charge is 2.12. The molecule has 10 nitrogen and oxygen atoms in total. The Kier molecular flexibility index (Phi) is 7.30. The largest absolute Gasteiger partial charge is 0.359 e. The highest BCUT2D eigenvalue weighted by Crippen LogP contribution is 1.98.